The molecule has 2 aromatic carbocycles. The molecule has 0 aliphatic carbocycles. The van der Waals surface area contributed by atoms with Gasteiger partial charge in [-0.1, -0.05) is 35.9 Å². The molecule has 0 aromatic heterocycles. The molecule has 0 heterocycles. The Bertz CT molecular complexity index is 676. The van der Waals surface area contributed by atoms with E-state index in [1.54, 1.807) is 30.3 Å². The zero-order valence-corrected chi connectivity index (χ0v) is 11.7. The Kier molecular flexibility index (Phi) is 4.39. The minimum Gasteiger partial charge on any atom is -0.345 e. The fourth-order valence-corrected chi connectivity index (χ4v) is 2.21. The van der Waals surface area contributed by atoms with E-state index in [2.05, 4.69) is 5.32 Å². The Morgan fingerprint density at radius 3 is 2.70 bits per heavy atom. The van der Waals surface area contributed by atoms with E-state index in [9.17, 15) is 4.79 Å². The first-order valence-corrected chi connectivity index (χ1v) is 6.55. The number of halogens is 1. The normalized spacial score (nSPS) is 11.4. The first kappa shape index (κ1) is 14.1. The van der Waals surface area contributed by atoms with Crippen molar-refractivity contribution in [2.24, 2.45) is 0 Å². The van der Waals surface area contributed by atoms with Gasteiger partial charge >= 0.3 is 0 Å². The van der Waals surface area contributed by atoms with Crippen LogP contribution in [0.5, 0.6) is 0 Å². The molecular formula is C16H13ClN2O. The number of hydrogen-bond donors (Lipinski definition) is 1. The maximum absolute atomic E-state index is 12.1. The number of nitrogens with one attached hydrogen (secondary N) is 1. The summed E-state index contributed by atoms with van der Waals surface area (Å²) in [6.45, 7) is 1.87. The molecule has 0 aliphatic heterocycles. The molecule has 0 radical (unpaired) electrons. The lowest BCUT2D eigenvalue weighted by molar-refractivity contribution is 0.0940. The lowest BCUT2D eigenvalue weighted by atomic mass is 10.1. The van der Waals surface area contributed by atoms with Crippen molar-refractivity contribution in [1.29, 1.82) is 5.26 Å². The Morgan fingerprint density at radius 2 is 2.00 bits per heavy atom. The van der Waals surface area contributed by atoms with Crippen molar-refractivity contribution in [3.8, 4) is 6.07 Å². The van der Waals surface area contributed by atoms with E-state index in [0.29, 0.717) is 16.1 Å². The van der Waals surface area contributed by atoms with E-state index in [1.165, 1.54) is 0 Å². The van der Waals surface area contributed by atoms with Crippen LogP contribution in [0.1, 0.15) is 34.5 Å². The van der Waals surface area contributed by atoms with Crippen LogP contribution in [0.2, 0.25) is 5.02 Å². The third-order valence-electron chi connectivity index (χ3n) is 2.97. The largest absolute Gasteiger partial charge is 0.345 e. The molecule has 100 valence electrons. The Morgan fingerprint density at radius 1 is 1.25 bits per heavy atom. The molecule has 0 aliphatic rings. The summed E-state index contributed by atoms with van der Waals surface area (Å²) in [5.41, 5.74) is 1.78. The first-order valence-electron chi connectivity index (χ1n) is 6.17. The highest BCUT2D eigenvalue weighted by molar-refractivity contribution is 6.31. The standard InChI is InChI=1S/C16H13ClN2O/c1-11(14-7-2-3-8-15(14)17)19-16(20)13-6-4-5-12(9-13)10-18/h2-9,11H,1H3,(H,19,20)/t11-/m0/s1. The predicted octanol–water partition coefficient (Wildman–Crippen LogP) is 3.70. The molecule has 1 N–H and O–H groups in total. The van der Waals surface area contributed by atoms with Crippen molar-refractivity contribution >= 4 is 17.5 Å². The lowest BCUT2D eigenvalue weighted by Gasteiger charge is -2.15. The number of nitrogens with zero attached hydrogens (tertiary/aromatic N) is 1. The van der Waals surface area contributed by atoms with Crippen molar-refractivity contribution in [1.82, 2.24) is 5.32 Å². The molecule has 1 atom stereocenters. The maximum Gasteiger partial charge on any atom is 0.251 e. The van der Waals surface area contributed by atoms with Crippen LogP contribution >= 0.6 is 11.6 Å². The number of carbonyl (C=O) groups excluding carboxylic acids is 1. The van der Waals surface area contributed by atoms with Gasteiger partial charge in [0.05, 0.1) is 17.7 Å². The topological polar surface area (TPSA) is 52.9 Å². The van der Waals surface area contributed by atoms with Gasteiger partial charge in [-0.25, -0.2) is 0 Å². The molecule has 0 spiro atoms. The van der Waals surface area contributed by atoms with E-state index in [4.69, 9.17) is 16.9 Å². The van der Waals surface area contributed by atoms with Crippen molar-refractivity contribution in [2.45, 2.75) is 13.0 Å². The predicted molar refractivity (Wildman–Crippen MR) is 78.5 cm³/mol. The Hall–Kier alpha value is -2.31. The second-order valence-corrected chi connectivity index (χ2v) is 4.82. The van der Waals surface area contributed by atoms with Crippen molar-refractivity contribution in [2.75, 3.05) is 0 Å². The average Bonchev–Trinajstić information content (AvgIpc) is 2.47. The molecule has 2 aromatic rings. The highest BCUT2D eigenvalue weighted by Gasteiger charge is 2.13. The monoisotopic (exact) mass is 284 g/mol. The molecule has 0 bridgehead atoms. The van der Waals surface area contributed by atoms with E-state index in [-0.39, 0.29) is 11.9 Å². The Labute approximate surface area is 122 Å². The van der Waals surface area contributed by atoms with Crippen molar-refractivity contribution in [3.63, 3.8) is 0 Å². The van der Waals surface area contributed by atoms with E-state index in [0.717, 1.165) is 5.56 Å². The fraction of sp³-hybridized carbons (Fsp3) is 0.125. The van der Waals surface area contributed by atoms with Gasteiger partial charge in [-0.05, 0) is 36.8 Å². The summed E-state index contributed by atoms with van der Waals surface area (Å²) >= 11 is 6.10. The smallest absolute Gasteiger partial charge is 0.251 e. The van der Waals surface area contributed by atoms with E-state index < -0.39 is 0 Å². The van der Waals surface area contributed by atoms with Crippen LogP contribution in [0.4, 0.5) is 0 Å². The Balaban J connectivity index is 2.15. The van der Waals surface area contributed by atoms with Gasteiger partial charge in [0.15, 0.2) is 0 Å². The zero-order chi connectivity index (χ0) is 14.5. The number of nitriles is 1. The van der Waals surface area contributed by atoms with Gasteiger partial charge in [0.2, 0.25) is 0 Å². The highest BCUT2D eigenvalue weighted by Crippen LogP contribution is 2.22. The van der Waals surface area contributed by atoms with Crippen LogP contribution in [0, 0.1) is 11.3 Å². The average molecular weight is 285 g/mol. The molecule has 0 saturated carbocycles. The number of benzene rings is 2. The van der Waals surface area contributed by atoms with Gasteiger partial charge in [-0.3, -0.25) is 4.79 Å². The van der Waals surface area contributed by atoms with Crippen LogP contribution in [-0.2, 0) is 0 Å². The van der Waals surface area contributed by atoms with Crippen LogP contribution in [-0.4, -0.2) is 5.91 Å². The number of carbonyl (C=O) groups is 1. The van der Waals surface area contributed by atoms with Gasteiger partial charge in [-0.15, -0.1) is 0 Å². The quantitative estimate of drug-likeness (QED) is 0.934. The van der Waals surface area contributed by atoms with Gasteiger partial charge in [0.25, 0.3) is 5.91 Å². The summed E-state index contributed by atoms with van der Waals surface area (Å²) in [6.07, 6.45) is 0. The second-order valence-electron chi connectivity index (χ2n) is 4.41. The molecule has 4 heteroatoms. The number of rotatable bonds is 3. The molecule has 0 fully saturated rings. The molecule has 0 unspecified atom stereocenters. The van der Waals surface area contributed by atoms with Crippen molar-refractivity contribution < 1.29 is 4.79 Å². The maximum atomic E-state index is 12.1. The summed E-state index contributed by atoms with van der Waals surface area (Å²) < 4.78 is 0. The third-order valence-corrected chi connectivity index (χ3v) is 3.32. The molecule has 2 rings (SSSR count). The fourth-order valence-electron chi connectivity index (χ4n) is 1.91. The molecule has 3 nitrogen and oxygen atoms in total. The number of hydrogen-bond acceptors (Lipinski definition) is 2. The molecule has 1 amide bonds. The first-order chi connectivity index (χ1) is 9.61. The summed E-state index contributed by atoms with van der Waals surface area (Å²) in [5, 5.41) is 12.3. The van der Waals surface area contributed by atoms with Crippen LogP contribution in [0.25, 0.3) is 0 Å². The summed E-state index contributed by atoms with van der Waals surface area (Å²) in [7, 11) is 0. The van der Waals surface area contributed by atoms with Crippen LogP contribution in [0.15, 0.2) is 48.5 Å². The second kappa shape index (κ2) is 6.23. The van der Waals surface area contributed by atoms with E-state index in [1.807, 2.05) is 31.2 Å². The number of amides is 1. The van der Waals surface area contributed by atoms with Crippen LogP contribution < -0.4 is 5.32 Å². The summed E-state index contributed by atoms with van der Waals surface area (Å²) in [4.78, 5) is 12.1. The SMILES string of the molecule is C[C@H](NC(=O)c1cccc(C#N)c1)c1ccccc1Cl. The van der Waals surface area contributed by atoms with Gasteiger partial charge in [-0.2, -0.15) is 5.26 Å². The van der Waals surface area contributed by atoms with Gasteiger partial charge in [0, 0.05) is 10.6 Å². The summed E-state index contributed by atoms with van der Waals surface area (Å²) in [5.74, 6) is -0.227. The van der Waals surface area contributed by atoms with Crippen LogP contribution in [0.3, 0.4) is 0 Å². The lowest BCUT2D eigenvalue weighted by Crippen LogP contribution is -2.26. The zero-order valence-electron chi connectivity index (χ0n) is 10.9. The highest BCUT2D eigenvalue weighted by atomic mass is 35.5. The minimum atomic E-state index is -0.227. The third kappa shape index (κ3) is 3.17. The van der Waals surface area contributed by atoms with Crippen molar-refractivity contribution in [3.05, 3.63) is 70.2 Å². The van der Waals surface area contributed by atoms with E-state index >= 15 is 0 Å². The minimum absolute atomic E-state index is 0.207. The molecule has 20 heavy (non-hydrogen) atoms. The van der Waals surface area contributed by atoms with Gasteiger partial charge < -0.3 is 5.32 Å². The summed E-state index contributed by atoms with van der Waals surface area (Å²) in [6, 6.07) is 15.8. The van der Waals surface area contributed by atoms with Gasteiger partial charge in [0.1, 0.15) is 0 Å². The molecular weight excluding hydrogens is 272 g/mol. The molecule has 0 saturated heterocycles.